The molecule has 96 valence electrons. The third kappa shape index (κ3) is 5.72. The number of pyridine rings is 1. The van der Waals surface area contributed by atoms with E-state index in [4.69, 9.17) is 27.9 Å². The number of hydrogen-bond acceptors (Lipinski definition) is 4. The zero-order chi connectivity index (χ0) is 12.3. The summed E-state index contributed by atoms with van der Waals surface area (Å²) in [5, 5.41) is 2.92. The number of carbonyl (C=O) groups is 1. The zero-order valence-corrected chi connectivity index (χ0v) is 11.4. The van der Waals surface area contributed by atoms with Crippen molar-refractivity contribution in [2.75, 3.05) is 5.32 Å². The van der Waals surface area contributed by atoms with Crippen LogP contribution in [0.2, 0.25) is 10.2 Å². The molecule has 0 aliphatic rings. The van der Waals surface area contributed by atoms with Crippen LogP contribution < -0.4 is 11.5 Å². The van der Waals surface area contributed by atoms with Crippen LogP contribution in [-0.2, 0) is 4.74 Å². The lowest BCUT2D eigenvalue weighted by Gasteiger charge is -2.19. The summed E-state index contributed by atoms with van der Waals surface area (Å²) in [5.41, 5.74) is -0.555. The summed E-state index contributed by atoms with van der Waals surface area (Å²) >= 11 is 11.4. The molecule has 0 spiro atoms. The topological polar surface area (TPSA) is 86.2 Å². The number of hydrogen-bond donors (Lipinski definition) is 2. The van der Waals surface area contributed by atoms with E-state index in [1.165, 1.54) is 6.07 Å². The van der Waals surface area contributed by atoms with Gasteiger partial charge in [0.25, 0.3) is 0 Å². The molecule has 0 atom stereocenters. The van der Waals surface area contributed by atoms with Crippen LogP contribution in [0.3, 0.4) is 0 Å². The Bertz CT molecular complexity index is 405. The van der Waals surface area contributed by atoms with Crippen LogP contribution in [-0.4, -0.2) is 16.7 Å². The molecule has 7 heteroatoms. The molecular weight excluding hydrogens is 265 g/mol. The second-order valence-corrected chi connectivity index (χ2v) is 4.86. The lowest BCUT2D eigenvalue weighted by atomic mass is 10.2. The van der Waals surface area contributed by atoms with Crippen molar-refractivity contribution in [2.45, 2.75) is 26.4 Å². The maximum absolute atomic E-state index is 11.4. The Morgan fingerprint density at radius 1 is 1.35 bits per heavy atom. The molecule has 0 saturated carbocycles. The van der Waals surface area contributed by atoms with Crippen LogP contribution in [0, 0.1) is 0 Å². The number of rotatable bonds is 1. The van der Waals surface area contributed by atoms with E-state index in [-0.39, 0.29) is 11.3 Å². The lowest BCUT2D eigenvalue weighted by molar-refractivity contribution is 0.0635. The number of carbonyl (C=O) groups excluding carboxylic acids is 1. The van der Waals surface area contributed by atoms with Gasteiger partial charge >= 0.3 is 6.09 Å². The number of nitrogens with zero attached hydrogens (tertiary/aromatic N) is 1. The molecule has 1 aromatic rings. The van der Waals surface area contributed by atoms with Gasteiger partial charge in [-0.3, -0.25) is 5.32 Å². The van der Waals surface area contributed by atoms with Gasteiger partial charge in [-0.1, -0.05) is 23.2 Å². The molecule has 17 heavy (non-hydrogen) atoms. The van der Waals surface area contributed by atoms with E-state index >= 15 is 0 Å². The normalized spacial score (nSPS) is 10.4. The monoisotopic (exact) mass is 279 g/mol. The second kappa shape index (κ2) is 6.05. The number of halogens is 2. The molecule has 1 rings (SSSR count). The Balaban J connectivity index is 0.00000256. The van der Waals surface area contributed by atoms with Crippen LogP contribution in [0.15, 0.2) is 12.1 Å². The number of aromatic nitrogens is 1. The SMILES string of the molecule is CC(C)(C)OC(=O)Nc1ccc(Cl)c(Cl)n1.N. The number of anilines is 1. The Morgan fingerprint density at radius 2 is 1.94 bits per heavy atom. The van der Waals surface area contributed by atoms with Crippen molar-refractivity contribution in [2.24, 2.45) is 0 Å². The largest absolute Gasteiger partial charge is 0.444 e. The fourth-order valence-electron chi connectivity index (χ4n) is 0.895. The van der Waals surface area contributed by atoms with E-state index in [0.29, 0.717) is 10.8 Å². The molecular formula is C10H15Cl2N3O2. The van der Waals surface area contributed by atoms with Crippen LogP contribution in [0.5, 0.6) is 0 Å². The molecule has 0 bridgehead atoms. The van der Waals surface area contributed by atoms with Crippen LogP contribution in [0.1, 0.15) is 20.8 Å². The highest BCUT2D eigenvalue weighted by Gasteiger charge is 2.16. The van der Waals surface area contributed by atoms with E-state index in [0.717, 1.165) is 0 Å². The van der Waals surface area contributed by atoms with Gasteiger partial charge in [-0.05, 0) is 32.9 Å². The minimum Gasteiger partial charge on any atom is -0.444 e. The first-order chi connectivity index (χ1) is 7.28. The number of ether oxygens (including phenoxy) is 1. The summed E-state index contributed by atoms with van der Waals surface area (Å²) in [7, 11) is 0. The summed E-state index contributed by atoms with van der Waals surface area (Å²) in [4.78, 5) is 15.2. The first-order valence-corrected chi connectivity index (χ1v) is 5.35. The van der Waals surface area contributed by atoms with Crippen LogP contribution >= 0.6 is 23.2 Å². The van der Waals surface area contributed by atoms with Crippen molar-refractivity contribution < 1.29 is 9.53 Å². The van der Waals surface area contributed by atoms with Crippen molar-refractivity contribution in [1.29, 1.82) is 0 Å². The van der Waals surface area contributed by atoms with Gasteiger partial charge < -0.3 is 10.9 Å². The minimum atomic E-state index is -0.585. The van der Waals surface area contributed by atoms with Crippen LogP contribution in [0.4, 0.5) is 10.6 Å². The average molecular weight is 280 g/mol. The highest BCUT2D eigenvalue weighted by Crippen LogP contribution is 2.21. The molecule has 0 aliphatic carbocycles. The van der Waals surface area contributed by atoms with E-state index in [2.05, 4.69) is 10.3 Å². The molecule has 0 aromatic carbocycles. The zero-order valence-electron chi connectivity index (χ0n) is 9.88. The first-order valence-electron chi connectivity index (χ1n) is 4.60. The maximum Gasteiger partial charge on any atom is 0.413 e. The Hall–Kier alpha value is -1.04. The maximum atomic E-state index is 11.4. The highest BCUT2D eigenvalue weighted by atomic mass is 35.5. The molecule has 1 aromatic heterocycles. The number of nitrogens with one attached hydrogen (secondary N) is 1. The van der Waals surface area contributed by atoms with Crippen LogP contribution in [0.25, 0.3) is 0 Å². The van der Waals surface area contributed by atoms with Gasteiger partial charge in [-0.25, -0.2) is 9.78 Å². The van der Waals surface area contributed by atoms with Crippen molar-refractivity contribution >= 4 is 35.1 Å². The Kier molecular flexibility index (Phi) is 5.68. The Labute approximate surface area is 110 Å². The molecule has 4 N–H and O–H groups in total. The van der Waals surface area contributed by atoms with Gasteiger partial charge in [0, 0.05) is 0 Å². The predicted octanol–water partition coefficient (Wildman–Crippen LogP) is 3.90. The predicted molar refractivity (Wildman–Crippen MR) is 69.1 cm³/mol. The third-order valence-corrected chi connectivity index (χ3v) is 2.12. The van der Waals surface area contributed by atoms with E-state index in [1.807, 2.05) is 0 Å². The van der Waals surface area contributed by atoms with Gasteiger partial charge in [-0.15, -0.1) is 0 Å². The van der Waals surface area contributed by atoms with Gasteiger partial charge in [-0.2, -0.15) is 0 Å². The third-order valence-electron chi connectivity index (χ3n) is 1.43. The van der Waals surface area contributed by atoms with Crippen molar-refractivity contribution in [3.63, 3.8) is 0 Å². The van der Waals surface area contributed by atoms with Crippen molar-refractivity contribution in [3.8, 4) is 0 Å². The average Bonchev–Trinajstić information content (AvgIpc) is 2.08. The molecule has 0 fully saturated rings. The van der Waals surface area contributed by atoms with Gasteiger partial charge in [0.05, 0.1) is 5.02 Å². The quantitative estimate of drug-likeness (QED) is 0.764. The van der Waals surface area contributed by atoms with Crippen molar-refractivity contribution in [1.82, 2.24) is 11.1 Å². The minimum absolute atomic E-state index is 0. The summed E-state index contributed by atoms with van der Waals surface area (Å²) in [6.45, 7) is 5.32. The van der Waals surface area contributed by atoms with Gasteiger partial charge in [0.2, 0.25) is 0 Å². The molecule has 0 unspecified atom stereocenters. The van der Waals surface area contributed by atoms with E-state index < -0.39 is 11.7 Å². The fraction of sp³-hybridized carbons (Fsp3) is 0.400. The smallest absolute Gasteiger partial charge is 0.413 e. The lowest BCUT2D eigenvalue weighted by Crippen LogP contribution is -2.27. The summed E-state index contributed by atoms with van der Waals surface area (Å²) < 4.78 is 5.05. The summed E-state index contributed by atoms with van der Waals surface area (Å²) in [6, 6.07) is 3.09. The number of amides is 1. The van der Waals surface area contributed by atoms with Gasteiger partial charge in [0.15, 0.2) is 0 Å². The van der Waals surface area contributed by atoms with E-state index in [1.54, 1.807) is 26.8 Å². The van der Waals surface area contributed by atoms with Crippen molar-refractivity contribution in [3.05, 3.63) is 22.3 Å². The van der Waals surface area contributed by atoms with Gasteiger partial charge in [0.1, 0.15) is 16.6 Å². The molecule has 0 aliphatic heterocycles. The van der Waals surface area contributed by atoms with E-state index in [9.17, 15) is 4.79 Å². The first kappa shape index (κ1) is 16.0. The summed E-state index contributed by atoms with van der Waals surface area (Å²) in [6.07, 6.45) is -0.585. The molecule has 0 radical (unpaired) electrons. The highest BCUT2D eigenvalue weighted by molar-refractivity contribution is 6.41. The Morgan fingerprint density at radius 3 is 2.41 bits per heavy atom. The second-order valence-electron chi connectivity index (χ2n) is 4.10. The standard InChI is InChI=1S/C10H12Cl2N2O2.H3N/c1-10(2,3)16-9(15)14-7-5-4-6(11)8(12)13-7;/h4-5H,1-3H3,(H,13,14,15);1H3. The molecule has 1 heterocycles. The molecule has 0 saturated heterocycles. The summed E-state index contributed by atoms with van der Waals surface area (Å²) in [5.74, 6) is 0.295. The fourth-order valence-corrected chi connectivity index (χ4v) is 1.15. The molecule has 5 nitrogen and oxygen atoms in total. The molecule has 1 amide bonds.